The first-order valence-electron chi connectivity index (χ1n) is 13.0. The number of nitrogens with zero attached hydrogens (tertiary/aromatic N) is 4. The lowest BCUT2D eigenvalue weighted by Gasteiger charge is -2.49. The number of rotatable bonds is 5. The smallest absolute Gasteiger partial charge is 0.269 e. The molecule has 6 rings (SSSR count). The topological polar surface area (TPSA) is 229 Å². The van der Waals surface area contributed by atoms with E-state index in [1.165, 1.54) is 17.2 Å². The second-order valence-electron chi connectivity index (χ2n) is 11.1. The van der Waals surface area contributed by atoms with E-state index in [0.29, 0.717) is 12.4 Å². The maximum Gasteiger partial charge on any atom is 0.269 e. The Hall–Kier alpha value is -4.37. The molecule has 4 aliphatic heterocycles. The number of guanidine groups is 2. The van der Waals surface area contributed by atoms with Crippen LogP contribution in [0, 0.1) is 0 Å². The third-order valence-corrected chi connectivity index (χ3v) is 8.29. The summed E-state index contributed by atoms with van der Waals surface area (Å²) in [6, 6.07) is 3.86. The van der Waals surface area contributed by atoms with E-state index < -0.39 is 41.4 Å². The van der Waals surface area contributed by atoms with E-state index in [2.05, 4.69) is 50.0 Å². The number of aliphatic hydroxyl groups is 2. The Morgan fingerprint density at radius 1 is 1.20 bits per heavy atom. The Kier molecular flexibility index (Phi) is 5.71. The molecule has 0 aliphatic carbocycles. The van der Waals surface area contributed by atoms with Gasteiger partial charge in [0.05, 0.1) is 18.2 Å². The van der Waals surface area contributed by atoms with E-state index in [0.717, 1.165) is 12.0 Å². The fraction of sp³-hybridized carbons (Fsp3) is 0.480. The van der Waals surface area contributed by atoms with Crippen LogP contribution in [0.5, 0.6) is 5.75 Å². The van der Waals surface area contributed by atoms with Gasteiger partial charge in [0.25, 0.3) is 11.8 Å². The molecule has 0 bridgehead atoms. The van der Waals surface area contributed by atoms with Gasteiger partial charge in [0.1, 0.15) is 23.5 Å². The van der Waals surface area contributed by atoms with Crippen molar-refractivity contribution >= 4 is 23.7 Å². The van der Waals surface area contributed by atoms with Gasteiger partial charge in [-0.3, -0.25) is 14.7 Å². The highest BCUT2D eigenvalue weighted by molar-refractivity contribution is 5.98. The van der Waals surface area contributed by atoms with Crippen molar-refractivity contribution in [2.45, 2.75) is 55.3 Å². The van der Waals surface area contributed by atoms with E-state index in [9.17, 15) is 19.8 Å². The minimum Gasteiger partial charge on any atom is -0.492 e. The highest BCUT2D eigenvalue weighted by Gasteiger charge is 2.73. The third-order valence-electron chi connectivity index (χ3n) is 8.29. The molecule has 15 nitrogen and oxygen atoms in total. The van der Waals surface area contributed by atoms with Gasteiger partial charge < -0.3 is 47.3 Å². The highest BCUT2D eigenvalue weighted by atomic mass is 16.5. The molecule has 4 atom stereocenters. The summed E-state index contributed by atoms with van der Waals surface area (Å²) in [4.78, 5) is 36.4. The number of ether oxygens (including phenoxy) is 1. The van der Waals surface area contributed by atoms with Gasteiger partial charge >= 0.3 is 0 Å². The standard InChI is InChI=1S/C25H32N10O5/c1-23(2)7-9-40-17-12(4-3-5-13(17)23)19(36)31-16-11-35-22(27)30-15(10-28-20(37)14-6-8-29-34-14)18-24(35,25(16,38)39)33-21(26)32-18/h3-6,8,15-16,18,38-39H,7,9-11H2,1-2H3,(H2,27,30)(H,28,37)(H,29,34)(H,31,36)(H3,26,32,33)/t15-,16?,18?,24?/m0/s1. The monoisotopic (exact) mass is 552 g/mol. The zero-order valence-corrected chi connectivity index (χ0v) is 22.0. The fourth-order valence-corrected chi connectivity index (χ4v) is 6.11. The molecular weight excluding hydrogens is 520 g/mol. The molecule has 0 radical (unpaired) electrons. The number of hydrogen-bond acceptors (Lipinski definition) is 12. The Labute approximate surface area is 229 Å². The Morgan fingerprint density at radius 2 is 2.00 bits per heavy atom. The molecule has 1 fully saturated rings. The van der Waals surface area contributed by atoms with Crippen LogP contribution >= 0.6 is 0 Å². The molecule has 10 N–H and O–H groups in total. The highest BCUT2D eigenvalue weighted by Crippen LogP contribution is 2.45. The molecule has 3 unspecified atom stereocenters. The zero-order valence-electron chi connectivity index (χ0n) is 22.0. The number of fused-ring (bicyclic) bond motifs is 1. The van der Waals surface area contributed by atoms with Crippen molar-refractivity contribution in [2.24, 2.45) is 21.5 Å². The molecular formula is C25H32N10O5. The number of amides is 2. The maximum atomic E-state index is 13.5. The molecule has 1 aromatic carbocycles. The summed E-state index contributed by atoms with van der Waals surface area (Å²) in [7, 11) is 0. The van der Waals surface area contributed by atoms with E-state index in [1.807, 2.05) is 6.07 Å². The summed E-state index contributed by atoms with van der Waals surface area (Å²) in [6.07, 6.45) is 2.25. The lowest BCUT2D eigenvalue weighted by Crippen LogP contribution is -2.78. The summed E-state index contributed by atoms with van der Waals surface area (Å²) in [5.41, 5.74) is 11.9. The molecule has 15 heteroatoms. The molecule has 2 aromatic rings. The maximum absolute atomic E-state index is 13.5. The summed E-state index contributed by atoms with van der Waals surface area (Å²) >= 11 is 0. The fourth-order valence-electron chi connectivity index (χ4n) is 6.11. The quantitative estimate of drug-likeness (QED) is 0.185. The first-order chi connectivity index (χ1) is 19.0. The number of hydrogen-bond donors (Lipinski definition) is 8. The lowest BCUT2D eigenvalue weighted by molar-refractivity contribution is -0.230. The number of aromatic amines is 1. The second-order valence-corrected chi connectivity index (χ2v) is 11.1. The zero-order chi connectivity index (χ0) is 28.4. The summed E-state index contributed by atoms with van der Waals surface area (Å²) < 4.78 is 5.89. The van der Waals surface area contributed by atoms with Crippen molar-refractivity contribution in [3.8, 4) is 5.75 Å². The Balaban J connectivity index is 1.27. The van der Waals surface area contributed by atoms with Crippen LogP contribution in [0.25, 0.3) is 0 Å². The van der Waals surface area contributed by atoms with Gasteiger partial charge in [-0.05, 0) is 24.0 Å². The predicted octanol–water partition coefficient (Wildman–Crippen LogP) is -2.33. The van der Waals surface area contributed by atoms with E-state index in [-0.39, 0.29) is 41.7 Å². The predicted molar refractivity (Wildman–Crippen MR) is 142 cm³/mol. The Bertz CT molecular complexity index is 1420. The van der Waals surface area contributed by atoms with Gasteiger partial charge in [0.15, 0.2) is 17.6 Å². The normalized spacial score (nSPS) is 29.1. The van der Waals surface area contributed by atoms with Crippen LogP contribution in [0.1, 0.15) is 46.7 Å². The number of para-hydroxylation sites is 1. The summed E-state index contributed by atoms with van der Waals surface area (Å²) in [5, 5.41) is 38.1. The van der Waals surface area contributed by atoms with Gasteiger partial charge in [-0.25, -0.2) is 9.98 Å². The molecule has 1 spiro atoms. The van der Waals surface area contributed by atoms with Gasteiger partial charge in [-0.2, -0.15) is 5.10 Å². The molecule has 5 heterocycles. The van der Waals surface area contributed by atoms with Crippen LogP contribution < -0.4 is 32.2 Å². The number of aliphatic imine (C=N–C) groups is 2. The number of aromatic nitrogens is 2. The van der Waals surface area contributed by atoms with Crippen LogP contribution in [-0.4, -0.2) is 98.3 Å². The van der Waals surface area contributed by atoms with Crippen LogP contribution in [-0.2, 0) is 5.41 Å². The van der Waals surface area contributed by atoms with Crippen molar-refractivity contribution in [3.63, 3.8) is 0 Å². The molecule has 212 valence electrons. The molecule has 1 aromatic heterocycles. The van der Waals surface area contributed by atoms with Gasteiger partial charge in [-0.15, -0.1) is 0 Å². The average Bonchev–Trinajstić information content (AvgIpc) is 3.61. The van der Waals surface area contributed by atoms with E-state index in [4.69, 9.17) is 16.2 Å². The average molecular weight is 553 g/mol. The van der Waals surface area contributed by atoms with E-state index >= 15 is 0 Å². The van der Waals surface area contributed by atoms with E-state index in [1.54, 1.807) is 12.1 Å². The number of nitrogens with two attached hydrogens (primary N) is 2. The first kappa shape index (κ1) is 25.9. The molecule has 4 aliphatic rings. The number of carbonyl (C=O) groups is 2. The third kappa shape index (κ3) is 3.68. The van der Waals surface area contributed by atoms with Crippen LogP contribution in [0.4, 0.5) is 0 Å². The van der Waals surface area contributed by atoms with Gasteiger partial charge in [0, 0.05) is 24.8 Å². The molecule has 0 saturated carbocycles. The summed E-state index contributed by atoms with van der Waals surface area (Å²) in [5.74, 6) is -3.19. The van der Waals surface area contributed by atoms with Crippen molar-refractivity contribution in [1.82, 2.24) is 31.0 Å². The second kappa shape index (κ2) is 8.82. The van der Waals surface area contributed by atoms with Crippen LogP contribution in [0.2, 0.25) is 0 Å². The molecule has 1 saturated heterocycles. The minimum atomic E-state index is -2.61. The van der Waals surface area contributed by atoms with Crippen molar-refractivity contribution in [1.29, 1.82) is 0 Å². The molecule has 40 heavy (non-hydrogen) atoms. The molecule has 2 amide bonds. The Morgan fingerprint density at radius 3 is 2.75 bits per heavy atom. The van der Waals surface area contributed by atoms with Crippen molar-refractivity contribution in [2.75, 3.05) is 19.7 Å². The lowest BCUT2D eigenvalue weighted by atomic mass is 9.79. The van der Waals surface area contributed by atoms with Crippen LogP contribution in [0.15, 0.2) is 40.4 Å². The largest absolute Gasteiger partial charge is 0.492 e. The minimum absolute atomic E-state index is 0.0270. The van der Waals surface area contributed by atoms with Crippen LogP contribution in [0.3, 0.4) is 0 Å². The number of benzene rings is 1. The SMILES string of the molecule is CC1(C)CCOc2c(C(=O)NC3CN4C(N)=N[C@@H](CNC(=O)c5ccn[nH]5)C5N=C(N)NC54C3(O)O)cccc21. The van der Waals surface area contributed by atoms with Crippen molar-refractivity contribution in [3.05, 3.63) is 47.3 Å². The number of nitrogens with one attached hydrogen (secondary N) is 4. The van der Waals surface area contributed by atoms with Gasteiger partial charge in [0.2, 0.25) is 5.79 Å². The number of H-pyrrole nitrogens is 1. The number of carbonyl (C=O) groups excluding carboxylic acids is 2. The van der Waals surface area contributed by atoms with Crippen molar-refractivity contribution < 1.29 is 24.5 Å². The first-order valence-corrected chi connectivity index (χ1v) is 13.0. The van der Waals surface area contributed by atoms with Gasteiger partial charge in [-0.1, -0.05) is 26.0 Å². The summed E-state index contributed by atoms with van der Waals surface area (Å²) in [6.45, 7) is 4.50.